The molecule has 1 aliphatic rings. The lowest BCUT2D eigenvalue weighted by atomic mass is 9.83. The van der Waals surface area contributed by atoms with Gasteiger partial charge in [-0.05, 0) is 19.4 Å². The summed E-state index contributed by atoms with van der Waals surface area (Å²) >= 11 is 0. The van der Waals surface area contributed by atoms with Gasteiger partial charge in [0, 0.05) is 30.4 Å². The van der Waals surface area contributed by atoms with Gasteiger partial charge in [-0.3, -0.25) is 9.69 Å². The number of likely N-dealkylation sites (tertiary alicyclic amines) is 1. The van der Waals surface area contributed by atoms with Gasteiger partial charge in [-0.15, -0.1) is 0 Å². The molecule has 1 saturated heterocycles. The number of ether oxygens (including phenoxy) is 2. The Hall–Kier alpha value is -3.48. The summed E-state index contributed by atoms with van der Waals surface area (Å²) in [6.07, 6.45) is -0.0960. The van der Waals surface area contributed by atoms with E-state index in [-0.39, 0.29) is 32.0 Å². The normalized spacial score (nSPS) is 19.9. The van der Waals surface area contributed by atoms with Crippen LogP contribution in [0.4, 0.5) is 4.79 Å². The number of aryl methyl sites for hydroxylation is 1. The largest absolute Gasteiger partial charge is 0.464 e. The molecule has 1 fully saturated rings. The van der Waals surface area contributed by atoms with Gasteiger partial charge >= 0.3 is 12.1 Å². The quantitative estimate of drug-likeness (QED) is 0.356. The van der Waals surface area contributed by atoms with Crippen LogP contribution >= 0.6 is 0 Å². The van der Waals surface area contributed by atoms with E-state index in [1.54, 1.807) is 19.1 Å². The molecule has 0 aliphatic carbocycles. The fourth-order valence-electron chi connectivity index (χ4n) is 4.05. The van der Waals surface area contributed by atoms with Crippen LogP contribution in [0.3, 0.4) is 0 Å². The van der Waals surface area contributed by atoms with E-state index in [1.807, 2.05) is 49.4 Å². The van der Waals surface area contributed by atoms with Crippen LogP contribution in [0.5, 0.6) is 0 Å². The lowest BCUT2D eigenvalue weighted by Gasteiger charge is -2.25. The number of carbonyl (C=O) groups is 4. The summed E-state index contributed by atoms with van der Waals surface area (Å²) in [5.74, 6) is -2.27. The number of hydrogen-bond donors (Lipinski definition) is 0. The number of amides is 1. The van der Waals surface area contributed by atoms with Crippen LogP contribution in [0.15, 0.2) is 54.6 Å². The standard InChI is InChI=1S/C25H27NO6/c1-3-31-24(29)22-20(13-14-27)21(23(28)19-11-9-17(2)10-12-19)15-26(22)25(30)32-16-18-7-5-4-6-8-18/h4-12,14,20-22H,3,13,15-16H2,1-2H3/t20-,21-,22-/m0/s1. The van der Waals surface area contributed by atoms with Crippen molar-refractivity contribution in [1.82, 2.24) is 4.90 Å². The van der Waals surface area contributed by atoms with Gasteiger partial charge in [0.25, 0.3) is 0 Å². The van der Waals surface area contributed by atoms with Crippen molar-refractivity contribution in [2.24, 2.45) is 11.8 Å². The summed E-state index contributed by atoms with van der Waals surface area (Å²) in [5, 5.41) is 0. The maximum atomic E-state index is 13.3. The number of ketones is 1. The van der Waals surface area contributed by atoms with Gasteiger partial charge in [-0.1, -0.05) is 60.2 Å². The molecular weight excluding hydrogens is 410 g/mol. The molecule has 1 aliphatic heterocycles. The molecule has 0 unspecified atom stereocenters. The molecule has 0 spiro atoms. The molecule has 0 N–H and O–H groups in total. The number of nitrogens with zero attached hydrogens (tertiary/aromatic N) is 1. The Labute approximate surface area is 187 Å². The predicted molar refractivity (Wildman–Crippen MR) is 117 cm³/mol. The van der Waals surface area contributed by atoms with Crippen molar-refractivity contribution in [2.45, 2.75) is 32.9 Å². The Morgan fingerprint density at radius 1 is 1.03 bits per heavy atom. The van der Waals surface area contributed by atoms with Crippen molar-refractivity contribution in [2.75, 3.05) is 13.2 Å². The molecule has 1 heterocycles. The minimum absolute atomic E-state index is 0.0255. The van der Waals surface area contributed by atoms with Gasteiger partial charge in [0.2, 0.25) is 0 Å². The van der Waals surface area contributed by atoms with E-state index in [4.69, 9.17) is 9.47 Å². The summed E-state index contributed by atoms with van der Waals surface area (Å²) in [6.45, 7) is 3.70. The Bertz CT molecular complexity index is 956. The highest BCUT2D eigenvalue weighted by molar-refractivity contribution is 6.00. The molecule has 1 amide bonds. The third kappa shape index (κ3) is 5.22. The minimum Gasteiger partial charge on any atom is -0.464 e. The third-order valence-electron chi connectivity index (χ3n) is 5.66. The molecule has 168 valence electrons. The highest BCUT2D eigenvalue weighted by Gasteiger charge is 2.51. The van der Waals surface area contributed by atoms with Crippen LogP contribution in [0, 0.1) is 18.8 Å². The first-order valence-electron chi connectivity index (χ1n) is 10.6. The van der Waals surface area contributed by atoms with Crippen molar-refractivity contribution in [3.63, 3.8) is 0 Å². The minimum atomic E-state index is -1.07. The maximum Gasteiger partial charge on any atom is 0.410 e. The smallest absolute Gasteiger partial charge is 0.410 e. The van der Waals surface area contributed by atoms with Gasteiger partial charge in [0.05, 0.1) is 6.61 Å². The zero-order valence-electron chi connectivity index (χ0n) is 18.2. The number of hydrogen-bond acceptors (Lipinski definition) is 6. The third-order valence-corrected chi connectivity index (χ3v) is 5.66. The first kappa shape index (κ1) is 23.2. The fraction of sp³-hybridized carbons (Fsp3) is 0.360. The van der Waals surface area contributed by atoms with E-state index in [0.29, 0.717) is 11.8 Å². The number of Topliss-reactive ketones (excluding diaryl/α,β-unsaturated/α-hetero) is 1. The molecule has 7 heteroatoms. The number of benzene rings is 2. The van der Waals surface area contributed by atoms with Crippen LogP contribution in [-0.4, -0.2) is 48.2 Å². The van der Waals surface area contributed by atoms with Gasteiger partial charge in [0.15, 0.2) is 5.78 Å². The molecule has 2 aromatic carbocycles. The van der Waals surface area contributed by atoms with Gasteiger partial charge in [0.1, 0.15) is 18.9 Å². The zero-order chi connectivity index (χ0) is 23.1. The first-order chi connectivity index (χ1) is 15.5. The second-order valence-electron chi connectivity index (χ2n) is 7.79. The number of carbonyl (C=O) groups excluding carboxylic acids is 4. The zero-order valence-corrected chi connectivity index (χ0v) is 18.2. The highest BCUT2D eigenvalue weighted by atomic mass is 16.6. The Kier molecular flexibility index (Phi) is 7.76. The van der Waals surface area contributed by atoms with Crippen molar-refractivity contribution in [3.05, 3.63) is 71.3 Å². The Morgan fingerprint density at radius 2 is 1.72 bits per heavy atom. The number of rotatable bonds is 8. The maximum absolute atomic E-state index is 13.3. The molecule has 0 saturated carbocycles. The second-order valence-corrected chi connectivity index (χ2v) is 7.79. The molecule has 3 atom stereocenters. The lowest BCUT2D eigenvalue weighted by molar-refractivity contribution is -0.149. The Balaban J connectivity index is 1.86. The molecule has 0 aromatic heterocycles. The summed E-state index contributed by atoms with van der Waals surface area (Å²) < 4.78 is 10.6. The molecule has 0 radical (unpaired) electrons. The average Bonchev–Trinajstić information content (AvgIpc) is 3.18. The summed E-state index contributed by atoms with van der Waals surface area (Å²) in [7, 11) is 0. The molecular formula is C25H27NO6. The van der Waals surface area contributed by atoms with Crippen LogP contribution in [-0.2, 0) is 25.7 Å². The first-order valence-corrected chi connectivity index (χ1v) is 10.6. The monoisotopic (exact) mass is 437 g/mol. The van der Waals surface area contributed by atoms with Crippen molar-refractivity contribution < 1.29 is 28.7 Å². The van der Waals surface area contributed by atoms with Crippen molar-refractivity contribution in [3.8, 4) is 0 Å². The summed E-state index contributed by atoms with van der Waals surface area (Å²) in [6, 6.07) is 15.2. The molecule has 2 aromatic rings. The Morgan fingerprint density at radius 3 is 2.34 bits per heavy atom. The van der Waals surface area contributed by atoms with Crippen molar-refractivity contribution >= 4 is 24.1 Å². The van der Waals surface area contributed by atoms with Crippen LogP contribution in [0.25, 0.3) is 0 Å². The molecule has 0 bridgehead atoms. The fourth-order valence-corrected chi connectivity index (χ4v) is 4.05. The van der Waals surface area contributed by atoms with E-state index in [1.165, 1.54) is 4.90 Å². The average molecular weight is 437 g/mol. The van der Waals surface area contributed by atoms with Crippen LogP contribution < -0.4 is 0 Å². The SMILES string of the molecule is CCOC(=O)[C@@H]1[C@@H](CC=O)[C@@H](C(=O)c2ccc(C)cc2)CN1C(=O)OCc1ccccc1. The summed E-state index contributed by atoms with van der Waals surface area (Å²) in [4.78, 5) is 51.6. The second kappa shape index (κ2) is 10.7. The molecule has 32 heavy (non-hydrogen) atoms. The van der Waals surface area contributed by atoms with Gasteiger partial charge < -0.3 is 14.3 Å². The predicted octanol–water partition coefficient (Wildman–Crippen LogP) is 3.58. The molecule has 3 rings (SSSR count). The van der Waals surface area contributed by atoms with Crippen LogP contribution in [0.1, 0.15) is 34.8 Å². The van der Waals surface area contributed by atoms with E-state index in [0.717, 1.165) is 11.1 Å². The van der Waals surface area contributed by atoms with E-state index >= 15 is 0 Å². The molecule has 7 nitrogen and oxygen atoms in total. The lowest BCUT2D eigenvalue weighted by Crippen LogP contribution is -2.44. The number of aldehydes is 1. The van der Waals surface area contributed by atoms with Crippen LogP contribution in [0.2, 0.25) is 0 Å². The van der Waals surface area contributed by atoms with E-state index in [2.05, 4.69) is 0 Å². The summed E-state index contributed by atoms with van der Waals surface area (Å²) in [5.41, 5.74) is 2.27. The highest BCUT2D eigenvalue weighted by Crippen LogP contribution is 2.36. The van der Waals surface area contributed by atoms with E-state index in [9.17, 15) is 19.2 Å². The van der Waals surface area contributed by atoms with Gasteiger partial charge in [-0.2, -0.15) is 0 Å². The topological polar surface area (TPSA) is 90.0 Å². The number of esters is 1. The van der Waals surface area contributed by atoms with E-state index < -0.39 is 29.9 Å². The van der Waals surface area contributed by atoms with Crippen molar-refractivity contribution in [1.29, 1.82) is 0 Å². The van der Waals surface area contributed by atoms with Gasteiger partial charge in [-0.25, -0.2) is 9.59 Å².